The van der Waals surface area contributed by atoms with Crippen LogP contribution in [0, 0.1) is 11.8 Å². The molecule has 1 aliphatic heterocycles. The summed E-state index contributed by atoms with van der Waals surface area (Å²) in [5, 5.41) is 2.48. The molecule has 1 aromatic rings. The fourth-order valence-corrected chi connectivity index (χ4v) is 3.18. The quantitative estimate of drug-likeness (QED) is 0.857. The van der Waals surface area contributed by atoms with E-state index in [0.717, 1.165) is 0 Å². The number of amides is 1. The zero-order valence-corrected chi connectivity index (χ0v) is 11.9. The summed E-state index contributed by atoms with van der Waals surface area (Å²) < 4.78 is 46.5. The highest BCUT2D eigenvalue weighted by molar-refractivity contribution is 6.30. The molecule has 21 heavy (non-hydrogen) atoms. The normalized spacial score (nSPS) is 26.6. The lowest BCUT2D eigenvalue weighted by molar-refractivity contribution is -0.285. The van der Waals surface area contributed by atoms with Gasteiger partial charge in [-0.25, -0.2) is 4.79 Å². The SMILES string of the molecule is C[C@@H](C1CC1)[C@]1(C(F)(F)F)OC(=O)Nc2ccc(Cl)cc21. The van der Waals surface area contributed by atoms with E-state index in [1.54, 1.807) is 0 Å². The van der Waals surface area contributed by atoms with Gasteiger partial charge in [0.15, 0.2) is 0 Å². The van der Waals surface area contributed by atoms with Crippen molar-refractivity contribution in [2.75, 3.05) is 5.32 Å². The average Bonchev–Trinajstić information content (AvgIpc) is 3.20. The van der Waals surface area contributed by atoms with Crippen molar-refractivity contribution in [3.8, 4) is 0 Å². The largest absolute Gasteiger partial charge is 0.433 e. The summed E-state index contributed by atoms with van der Waals surface area (Å²) in [4.78, 5) is 11.7. The Balaban J connectivity index is 2.24. The molecule has 0 aromatic heterocycles. The van der Waals surface area contributed by atoms with Crippen LogP contribution in [0.4, 0.5) is 23.7 Å². The van der Waals surface area contributed by atoms with Gasteiger partial charge in [-0.2, -0.15) is 13.2 Å². The van der Waals surface area contributed by atoms with Crippen LogP contribution in [0.25, 0.3) is 0 Å². The molecule has 0 radical (unpaired) electrons. The molecule has 0 spiro atoms. The van der Waals surface area contributed by atoms with E-state index in [4.69, 9.17) is 16.3 Å². The molecule has 7 heteroatoms. The lowest BCUT2D eigenvalue weighted by Gasteiger charge is -2.43. The van der Waals surface area contributed by atoms with Gasteiger partial charge in [0.05, 0.1) is 5.69 Å². The van der Waals surface area contributed by atoms with Crippen molar-refractivity contribution in [2.24, 2.45) is 11.8 Å². The molecule has 1 aliphatic carbocycles. The first-order valence-electron chi connectivity index (χ1n) is 6.62. The summed E-state index contributed by atoms with van der Waals surface area (Å²) in [7, 11) is 0. The van der Waals surface area contributed by atoms with Crippen LogP contribution < -0.4 is 5.32 Å². The maximum atomic E-state index is 13.9. The van der Waals surface area contributed by atoms with Gasteiger partial charge in [0.2, 0.25) is 5.60 Å². The number of anilines is 1. The van der Waals surface area contributed by atoms with Crippen molar-refractivity contribution >= 4 is 23.4 Å². The van der Waals surface area contributed by atoms with Crippen LogP contribution in [0.3, 0.4) is 0 Å². The first-order valence-corrected chi connectivity index (χ1v) is 7.00. The molecule has 1 amide bonds. The minimum absolute atomic E-state index is 0.0977. The summed E-state index contributed by atoms with van der Waals surface area (Å²) in [5.41, 5.74) is -2.67. The van der Waals surface area contributed by atoms with Gasteiger partial charge in [0, 0.05) is 16.5 Å². The molecule has 114 valence electrons. The van der Waals surface area contributed by atoms with E-state index in [1.165, 1.54) is 25.1 Å². The zero-order chi connectivity index (χ0) is 15.4. The Morgan fingerprint density at radius 2 is 2.10 bits per heavy atom. The Bertz CT molecular complexity index is 600. The first kappa shape index (κ1) is 14.5. The minimum atomic E-state index is -4.72. The lowest BCUT2D eigenvalue weighted by Crippen LogP contribution is -2.55. The van der Waals surface area contributed by atoms with E-state index in [1.807, 2.05) is 0 Å². The third-order valence-electron chi connectivity index (χ3n) is 4.26. The second-order valence-corrected chi connectivity index (χ2v) is 6.00. The van der Waals surface area contributed by atoms with Crippen LogP contribution in [0.1, 0.15) is 25.3 Å². The minimum Gasteiger partial charge on any atom is -0.428 e. The van der Waals surface area contributed by atoms with Crippen molar-refractivity contribution in [3.63, 3.8) is 0 Å². The van der Waals surface area contributed by atoms with Gasteiger partial charge in [-0.1, -0.05) is 18.5 Å². The number of hydrogen-bond acceptors (Lipinski definition) is 2. The Morgan fingerprint density at radius 1 is 1.43 bits per heavy atom. The number of halogens is 4. The molecule has 1 aromatic carbocycles. The molecular weight excluding hydrogens is 307 g/mol. The van der Waals surface area contributed by atoms with Gasteiger partial charge in [-0.3, -0.25) is 5.32 Å². The van der Waals surface area contributed by atoms with Crippen LogP contribution in [0.15, 0.2) is 18.2 Å². The molecule has 0 saturated heterocycles. The molecule has 0 bridgehead atoms. The molecule has 3 nitrogen and oxygen atoms in total. The van der Waals surface area contributed by atoms with Gasteiger partial charge in [-0.15, -0.1) is 0 Å². The monoisotopic (exact) mass is 319 g/mol. The van der Waals surface area contributed by atoms with Crippen molar-refractivity contribution in [1.29, 1.82) is 0 Å². The van der Waals surface area contributed by atoms with E-state index < -0.39 is 23.8 Å². The molecule has 0 unspecified atom stereocenters. The zero-order valence-electron chi connectivity index (χ0n) is 11.1. The molecule has 2 atom stereocenters. The third-order valence-corrected chi connectivity index (χ3v) is 4.50. The highest BCUT2D eigenvalue weighted by atomic mass is 35.5. The standard InChI is InChI=1S/C14H13ClF3NO2/c1-7(8-2-3-8)13(14(16,17)18)10-6-9(15)4-5-11(10)19-12(20)21-13/h4-8H,2-3H2,1H3,(H,19,20)/t7-,13-/m0/s1. The molecule has 1 heterocycles. The van der Waals surface area contributed by atoms with Gasteiger partial charge >= 0.3 is 12.3 Å². The second-order valence-electron chi connectivity index (χ2n) is 5.56. The molecule has 1 saturated carbocycles. The Kier molecular flexibility index (Phi) is 3.13. The van der Waals surface area contributed by atoms with Crippen molar-refractivity contribution < 1.29 is 22.7 Å². The van der Waals surface area contributed by atoms with Gasteiger partial charge in [0.25, 0.3) is 0 Å². The molecule has 2 aliphatic rings. The number of benzene rings is 1. The number of rotatable bonds is 2. The Morgan fingerprint density at radius 3 is 2.67 bits per heavy atom. The number of ether oxygens (including phenoxy) is 1. The number of carbonyl (C=O) groups is 1. The fourth-order valence-electron chi connectivity index (χ4n) is 3.00. The number of fused-ring (bicyclic) bond motifs is 1. The smallest absolute Gasteiger partial charge is 0.428 e. The summed E-state index contributed by atoms with van der Waals surface area (Å²) in [6.07, 6.45) is -4.39. The summed E-state index contributed by atoms with van der Waals surface area (Å²) in [5.74, 6) is -0.967. The van der Waals surface area contributed by atoms with Crippen molar-refractivity contribution in [1.82, 2.24) is 0 Å². The maximum absolute atomic E-state index is 13.9. The second kappa shape index (κ2) is 4.53. The van der Waals surface area contributed by atoms with E-state index >= 15 is 0 Å². The number of carbonyl (C=O) groups excluding carboxylic acids is 1. The van der Waals surface area contributed by atoms with E-state index in [2.05, 4.69) is 5.32 Å². The van der Waals surface area contributed by atoms with Crippen molar-refractivity contribution in [2.45, 2.75) is 31.5 Å². The summed E-state index contributed by atoms with van der Waals surface area (Å²) in [6.45, 7) is 1.48. The third kappa shape index (κ3) is 2.16. The number of hydrogen-bond donors (Lipinski definition) is 1. The molecule has 1 N–H and O–H groups in total. The highest BCUT2D eigenvalue weighted by Gasteiger charge is 2.67. The van der Waals surface area contributed by atoms with Crippen LogP contribution in [-0.4, -0.2) is 12.3 Å². The number of nitrogens with one attached hydrogen (secondary N) is 1. The predicted octanol–water partition coefficient (Wildman–Crippen LogP) is 4.71. The van der Waals surface area contributed by atoms with Crippen molar-refractivity contribution in [3.05, 3.63) is 28.8 Å². The number of cyclic esters (lactones) is 1. The molecule has 3 rings (SSSR count). The van der Waals surface area contributed by atoms with Gasteiger partial charge in [-0.05, 0) is 37.0 Å². The van der Waals surface area contributed by atoms with E-state index in [9.17, 15) is 18.0 Å². The molecular formula is C14H13ClF3NO2. The Labute approximate surface area is 124 Å². The van der Waals surface area contributed by atoms with E-state index in [0.29, 0.717) is 12.8 Å². The van der Waals surface area contributed by atoms with Gasteiger partial charge in [0.1, 0.15) is 0 Å². The summed E-state index contributed by atoms with van der Waals surface area (Å²) >= 11 is 5.85. The average molecular weight is 320 g/mol. The lowest BCUT2D eigenvalue weighted by atomic mass is 9.77. The number of alkyl halides is 3. The van der Waals surface area contributed by atoms with Gasteiger partial charge < -0.3 is 4.74 Å². The Hall–Kier alpha value is -1.43. The van der Waals surface area contributed by atoms with Crippen LogP contribution in [0.5, 0.6) is 0 Å². The van der Waals surface area contributed by atoms with Crippen LogP contribution in [-0.2, 0) is 10.3 Å². The fraction of sp³-hybridized carbons (Fsp3) is 0.500. The first-order chi connectivity index (χ1) is 9.75. The predicted molar refractivity (Wildman–Crippen MR) is 71.2 cm³/mol. The van der Waals surface area contributed by atoms with E-state index in [-0.39, 0.29) is 22.2 Å². The maximum Gasteiger partial charge on any atom is 0.433 e. The van der Waals surface area contributed by atoms with Crippen LogP contribution in [0.2, 0.25) is 5.02 Å². The summed E-state index contributed by atoms with van der Waals surface area (Å²) in [6, 6.07) is 4.04. The van der Waals surface area contributed by atoms with Crippen LogP contribution >= 0.6 is 11.6 Å². The topological polar surface area (TPSA) is 38.3 Å². The highest BCUT2D eigenvalue weighted by Crippen LogP contribution is 2.57. The molecule has 1 fully saturated rings.